The zero-order chi connectivity index (χ0) is 13.5. The van der Waals surface area contributed by atoms with Gasteiger partial charge in [-0.1, -0.05) is 54.6 Å². The highest BCUT2D eigenvalue weighted by Gasteiger charge is 2.04. The molecule has 0 saturated heterocycles. The summed E-state index contributed by atoms with van der Waals surface area (Å²) >= 11 is 0. The standard InChI is InChI=1S/C18H18O/c1-3-4-10-18(15-8-6-5-7-9-15)16-11-13-17(19-2)14-12-16/h3,5-14H,1,4H2,2H3/b18-10+. The molecular formula is C18H18O. The molecule has 1 heteroatoms. The number of benzene rings is 2. The van der Waals surface area contributed by atoms with E-state index in [9.17, 15) is 0 Å². The van der Waals surface area contributed by atoms with E-state index < -0.39 is 0 Å². The van der Waals surface area contributed by atoms with Gasteiger partial charge in [-0.2, -0.15) is 0 Å². The molecule has 0 unspecified atom stereocenters. The molecule has 0 amide bonds. The lowest BCUT2D eigenvalue weighted by molar-refractivity contribution is 0.415. The first-order valence-corrected chi connectivity index (χ1v) is 6.36. The van der Waals surface area contributed by atoms with Crippen LogP contribution in [0.3, 0.4) is 0 Å². The van der Waals surface area contributed by atoms with Gasteiger partial charge in [-0.3, -0.25) is 0 Å². The van der Waals surface area contributed by atoms with Crippen molar-refractivity contribution >= 4 is 5.57 Å². The van der Waals surface area contributed by atoms with Crippen LogP contribution in [0.2, 0.25) is 0 Å². The average molecular weight is 250 g/mol. The Bertz CT molecular complexity index is 550. The Hall–Kier alpha value is -2.28. The maximum atomic E-state index is 5.20. The monoisotopic (exact) mass is 250 g/mol. The predicted molar refractivity (Wildman–Crippen MR) is 81.3 cm³/mol. The molecular weight excluding hydrogens is 232 g/mol. The summed E-state index contributed by atoms with van der Waals surface area (Å²) in [6.45, 7) is 3.78. The van der Waals surface area contributed by atoms with Crippen molar-refractivity contribution in [2.24, 2.45) is 0 Å². The van der Waals surface area contributed by atoms with E-state index in [1.165, 1.54) is 16.7 Å². The number of allylic oxidation sites excluding steroid dienone is 2. The molecule has 0 aliphatic rings. The molecule has 0 radical (unpaired) electrons. The lowest BCUT2D eigenvalue weighted by atomic mass is 9.97. The molecule has 2 aromatic rings. The van der Waals surface area contributed by atoms with Gasteiger partial charge in [-0.15, -0.1) is 6.58 Å². The second kappa shape index (κ2) is 6.60. The number of hydrogen-bond donors (Lipinski definition) is 0. The minimum absolute atomic E-state index is 0.857. The number of methoxy groups -OCH3 is 1. The molecule has 0 atom stereocenters. The maximum Gasteiger partial charge on any atom is 0.118 e. The van der Waals surface area contributed by atoms with Crippen molar-refractivity contribution in [2.45, 2.75) is 6.42 Å². The summed E-state index contributed by atoms with van der Waals surface area (Å²) in [4.78, 5) is 0. The van der Waals surface area contributed by atoms with Gasteiger partial charge >= 0.3 is 0 Å². The number of ether oxygens (including phenoxy) is 1. The van der Waals surface area contributed by atoms with E-state index in [-0.39, 0.29) is 0 Å². The van der Waals surface area contributed by atoms with Crippen LogP contribution in [-0.2, 0) is 0 Å². The van der Waals surface area contributed by atoms with Crippen LogP contribution in [0.5, 0.6) is 5.75 Å². The van der Waals surface area contributed by atoms with Crippen molar-refractivity contribution in [3.05, 3.63) is 84.5 Å². The van der Waals surface area contributed by atoms with Gasteiger partial charge < -0.3 is 4.74 Å². The van der Waals surface area contributed by atoms with Gasteiger partial charge in [0.25, 0.3) is 0 Å². The van der Waals surface area contributed by atoms with Crippen molar-refractivity contribution < 1.29 is 4.74 Å². The van der Waals surface area contributed by atoms with Crippen molar-refractivity contribution in [2.75, 3.05) is 7.11 Å². The summed E-state index contributed by atoms with van der Waals surface area (Å²) < 4.78 is 5.20. The summed E-state index contributed by atoms with van der Waals surface area (Å²) in [5, 5.41) is 0. The highest BCUT2D eigenvalue weighted by molar-refractivity contribution is 5.80. The lowest BCUT2D eigenvalue weighted by Crippen LogP contribution is -1.89. The highest BCUT2D eigenvalue weighted by Crippen LogP contribution is 2.25. The quantitative estimate of drug-likeness (QED) is 0.699. The summed E-state index contributed by atoms with van der Waals surface area (Å²) in [5.74, 6) is 0.875. The van der Waals surface area contributed by atoms with Crippen LogP contribution in [0.1, 0.15) is 17.5 Å². The van der Waals surface area contributed by atoms with E-state index in [2.05, 4.69) is 49.1 Å². The average Bonchev–Trinajstić information content (AvgIpc) is 2.49. The third kappa shape index (κ3) is 3.35. The SMILES string of the molecule is C=CC/C=C(\c1ccccc1)c1ccc(OC)cc1. The maximum absolute atomic E-state index is 5.20. The van der Waals surface area contributed by atoms with E-state index in [1.54, 1.807) is 7.11 Å². The fourth-order valence-corrected chi connectivity index (χ4v) is 1.99. The second-order valence-electron chi connectivity index (χ2n) is 4.24. The van der Waals surface area contributed by atoms with Crippen LogP contribution < -0.4 is 4.74 Å². The largest absolute Gasteiger partial charge is 0.497 e. The molecule has 0 saturated carbocycles. The normalized spacial score (nSPS) is 11.1. The molecule has 0 heterocycles. The van der Waals surface area contributed by atoms with E-state index in [1.807, 2.05) is 24.3 Å². The van der Waals surface area contributed by atoms with Crippen LogP contribution in [-0.4, -0.2) is 7.11 Å². The molecule has 0 aromatic heterocycles. The zero-order valence-electron chi connectivity index (χ0n) is 11.2. The topological polar surface area (TPSA) is 9.23 Å². The number of hydrogen-bond acceptors (Lipinski definition) is 1. The molecule has 2 rings (SSSR count). The van der Waals surface area contributed by atoms with Crippen molar-refractivity contribution in [3.8, 4) is 5.75 Å². The molecule has 1 nitrogen and oxygen atoms in total. The van der Waals surface area contributed by atoms with Crippen LogP contribution in [0.25, 0.3) is 5.57 Å². The Labute approximate surface area is 114 Å². The Morgan fingerprint density at radius 1 is 1.00 bits per heavy atom. The molecule has 0 fully saturated rings. The van der Waals surface area contributed by atoms with Gasteiger partial charge in [0, 0.05) is 0 Å². The molecule has 0 bridgehead atoms. The first kappa shape index (κ1) is 13.2. The molecule has 19 heavy (non-hydrogen) atoms. The van der Waals surface area contributed by atoms with Gasteiger partial charge in [0.2, 0.25) is 0 Å². The van der Waals surface area contributed by atoms with Gasteiger partial charge in [-0.25, -0.2) is 0 Å². The zero-order valence-corrected chi connectivity index (χ0v) is 11.2. The van der Waals surface area contributed by atoms with E-state index in [0.717, 1.165) is 12.2 Å². The highest BCUT2D eigenvalue weighted by atomic mass is 16.5. The third-order valence-corrected chi connectivity index (χ3v) is 2.97. The molecule has 0 aliphatic heterocycles. The van der Waals surface area contributed by atoms with E-state index in [0.29, 0.717) is 0 Å². The van der Waals surface area contributed by atoms with Crippen molar-refractivity contribution in [1.29, 1.82) is 0 Å². The van der Waals surface area contributed by atoms with Crippen molar-refractivity contribution in [3.63, 3.8) is 0 Å². The van der Waals surface area contributed by atoms with Gasteiger partial charge in [0.1, 0.15) is 5.75 Å². The molecule has 0 aliphatic carbocycles. The third-order valence-electron chi connectivity index (χ3n) is 2.97. The fourth-order valence-electron chi connectivity index (χ4n) is 1.99. The summed E-state index contributed by atoms with van der Waals surface area (Å²) in [6, 6.07) is 18.5. The molecule has 0 spiro atoms. The van der Waals surface area contributed by atoms with E-state index in [4.69, 9.17) is 4.74 Å². The Morgan fingerprint density at radius 2 is 1.63 bits per heavy atom. The minimum Gasteiger partial charge on any atom is -0.497 e. The van der Waals surface area contributed by atoms with Crippen LogP contribution >= 0.6 is 0 Å². The lowest BCUT2D eigenvalue weighted by Gasteiger charge is -2.09. The van der Waals surface area contributed by atoms with Gasteiger partial charge in [-0.05, 0) is 35.3 Å². The summed E-state index contributed by atoms with van der Waals surface area (Å²) in [5.41, 5.74) is 3.63. The Balaban J connectivity index is 2.40. The molecule has 96 valence electrons. The number of rotatable bonds is 5. The van der Waals surface area contributed by atoms with Gasteiger partial charge in [0.05, 0.1) is 7.11 Å². The predicted octanol–water partition coefficient (Wildman–Crippen LogP) is 4.70. The van der Waals surface area contributed by atoms with Crippen LogP contribution in [0.4, 0.5) is 0 Å². The second-order valence-corrected chi connectivity index (χ2v) is 4.24. The van der Waals surface area contributed by atoms with Gasteiger partial charge in [0.15, 0.2) is 0 Å². The fraction of sp³-hybridized carbons (Fsp3) is 0.111. The van der Waals surface area contributed by atoms with Crippen molar-refractivity contribution in [1.82, 2.24) is 0 Å². The molecule has 2 aromatic carbocycles. The summed E-state index contributed by atoms with van der Waals surface area (Å²) in [7, 11) is 1.68. The van der Waals surface area contributed by atoms with Crippen LogP contribution in [0.15, 0.2) is 73.3 Å². The first-order valence-electron chi connectivity index (χ1n) is 6.36. The Morgan fingerprint density at radius 3 is 2.21 bits per heavy atom. The molecule has 0 N–H and O–H groups in total. The van der Waals surface area contributed by atoms with E-state index >= 15 is 0 Å². The summed E-state index contributed by atoms with van der Waals surface area (Å²) in [6.07, 6.45) is 4.97. The first-order chi connectivity index (χ1) is 9.35. The minimum atomic E-state index is 0.857. The smallest absolute Gasteiger partial charge is 0.118 e. The van der Waals surface area contributed by atoms with Crippen LogP contribution in [0, 0.1) is 0 Å². The Kier molecular flexibility index (Phi) is 4.57.